The van der Waals surface area contributed by atoms with E-state index >= 15 is 0 Å². The van der Waals surface area contributed by atoms with Crippen LogP contribution in [0.5, 0.6) is 0 Å². The Labute approximate surface area is 151 Å². The van der Waals surface area contributed by atoms with E-state index in [2.05, 4.69) is 65.3 Å². The third-order valence-electron chi connectivity index (χ3n) is 4.81. The quantitative estimate of drug-likeness (QED) is 0.808. The Balaban J connectivity index is 1.56. The van der Waals surface area contributed by atoms with Crippen LogP contribution in [0.3, 0.4) is 0 Å². The maximum Gasteiger partial charge on any atom is 0.0680 e. The van der Waals surface area contributed by atoms with Gasteiger partial charge >= 0.3 is 0 Å². The topological polar surface area (TPSA) is 18.5 Å². The summed E-state index contributed by atoms with van der Waals surface area (Å²) in [6.07, 6.45) is 10.4. The molecule has 0 amide bonds. The van der Waals surface area contributed by atoms with Gasteiger partial charge in [-0.25, -0.2) is 0 Å². The Bertz CT molecular complexity index is 699. The Morgan fingerprint density at radius 3 is 2.72 bits per heavy atom. The molecular formula is C22H27N3. The van der Waals surface area contributed by atoms with Crippen molar-refractivity contribution in [1.82, 2.24) is 15.1 Å². The van der Waals surface area contributed by atoms with Crippen LogP contribution in [0, 0.1) is 0 Å². The third-order valence-corrected chi connectivity index (χ3v) is 4.81. The van der Waals surface area contributed by atoms with Crippen LogP contribution in [-0.4, -0.2) is 28.9 Å². The van der Waals surface area contributed by atoms with Gasteiger partial charge in [0.1, 0.15) is 0 Å². The van der Waals surface area contributed by atoms with Gasteiger partial charge in [0, 0.05) is 36.4 Å². The fraction of sp³-hybridized carbons (Fsp3) is 0.273. The summed E-state index contributed by atoms with van der Waals surface area (Å²) in [6, 6.07) is 10.8. The minimum absolute atomic E-state index is 0.314. The zero-order chi connectivity index (χ0) is 17.6. The van der Waals surface area contributed by atoms with Crippen LogP contribution >= 0.6 is 0 Å². The lowest BCUT2D eigenvalue weighted by atomic mass is 10.1. The number of rotatable bonds is 7. The molecule has 130 valence electrons. The number of nitrogens with one attached hydrogen (secondary N) is 1. The lowest BCUT2D eigenvalue weighted by Crippen LogP contribution is -2.37. The van der Waals surface area contributed by atoms with Crippen LogP contribution in [-0.2, 0) is 6.54 Å². The van der Waals surface area contributed by atoms with Crippen molar-refractivity contribution in [3.63, 3.8) is 0 Å². The van der Waals surface area contributed by atoms with Crippen molar-refractivity contribution < 1.29 is 0 Å². The van der Waals surface area contributed by atoms with Gasteiger partial charge in [0.2, 0.25) is 0 Å². The number of hydrogen-bond donors (Lipinski definition) is 1. The van der Waals surface area contributed by atoms with Gasteiger partial charge in [0.15, 0.2) is 0 Å². The van der Waals surface area contributed by atoms with Crippen LogP contribution < -0.4 is 5.32 Å². The van der Waals surface area contributed by atoms with Crippen LogP contribution in [0.1, 0.15) is 18.4 Å². The summed E-state index contributed by atoms with van der Waals surface area (Å²) >= 11 is 0. The van der Waals surface area contributed by atoms with Gasteiger partial charge in [-0.05, 0) is 30.6 Å². The van der Waals surface area contributed by atoms with E-state index in [1.807, 2.05) is 24.3 Å². The van der Waals surface area contributed by atoms with Gasteiger partial charge in [-0.15, -0.1) is 0 Å². The van der Waals surface area contributed by atoms with Crippen molar-refractivity contribution in [2.24, 2.45) is 0 Å². The van der Waals surface area contributed by atoms with E-state index in [1.165, 1.54) is 12.0 Å². The van der Waals surface area contributed by atoms with Gasteiger partial charge in [0.25, 0.3) is 0 Å². The van der Waals surface area contributed by atoms with Crippen molar-refractivity contribution in [3.05, 3.63) is 97.2 Å². The lowest BCUT2D eigenvalue weighted by Gasteiger charge is -2.33. The highest BCUT2D eigenvalue weighted by Crippen LogP contribution is 2.26. The molecule has 1 fully saturated rings. The van der Waals surface area contributed by atoms with E-state index in [0.29, 0.717) is 6.04 Å². The Kier molecular flexibility index (Phi) is 5.44. The number of hydrogen-bond acceptors (Lipinski definition) is 3. The van der Waals surface area contributed by atoms with Crippen LogP contribution in [0.15, 0.2) is 91.6 Å². The van der Waals surface area contributed by atoms with Crippen molar-refractivity contribution in [3.8, 4) is 0 Å². The smallest absolute Gasteiger partial charge is 0.0680 e. The molecule has 0 aromatic heterocycles. The highest BCUT2D eigenvalue weighted by atomic mass is 15.2. The minimum atomic E-state index is 0.314. The van der Waals surface area contributed by atoms with Crippen molar-refractivity contribution >= 4 is 0 Å². The van der Waals surface area contributed by atoms with Gasteiger partial charge in [-0.3, -0.25) is 0 Å². The molecule has 3 rings (SSSR count). The average molecular weight is 333 g/mol. The first kappa shape index (κ1) is 17.2. The molecule has 1 unspecified atom stereocenters. The fourth-order valence-electron chi connectivity index (χ4n) is 3.39. The Hall–Kier alpha value is -2.68. The molecule has 0 saturated carbocycles. The first-order chi connectivity index (χ1) is 12.1. The van der Waals surface area contributed by atoms with Crippen molar-refractivity contribution in [2.75, 3.05) is 13.1 Å². The summed E-state index contributed by atoms with van der Waals surface area (Å²) in [4.78, 5) is 4.53. The molecule has 3 nitrogen and oxygen atoms in total. The van der Waals surface area contributed by atoms with Crippen LogP contribution in [0.2, 0.25) is 0 Å². The highest BCUT2D eigenvalue weighted by Gasteiger charge is 2.28. The van der Waals surface area contributed by atoms with Gasteiger partial charge in [0.05, 0.1) is 12.6 Å². The van der Waals surface area contributed by atoms with Gasteiger partial charge in [-0.1, -0.05) is 56.1 Å². The molecule has 2 heterocycles. The summed E-state index contributed by atoms with van der Waals surface area (Å²) < 4.78 is 0. The predicted octanol–water partition coefficient (Wildman–Crippen LogP) is 4.17. The second-order valence-corrected chi connectivity index (χ2v) is 6.60. The first-order valence-corrected chi connectivity index (χ1v) is 8.86. The second-order valence-electron chi connectivity index (χ2n) is 6.60. The van der Waals surface area contributed by atoms with E-state index < -0.39 is 0 Å². The van der Waals surface area contributed by atoms with E-state index in [4.69, 9.17) is 0 Å². The molecule has 0 radical (unpaired) electrons. The molecule has 1 atom stereocenters. The molecule has 2 aliphatic heterocycles. The average Bonchev–Trinajstić information content (AvgIpc) is 3.12. The van der Waals surface area contributed by atoms with Crippen LogP contribution in [0.4, 0.5) is 0 Å². The molecule has 1 aromatic carbocycles. The van der Waals surface area contributed by atoms with E-state index in [1.54, 1.807) is 0 Å². The summed E-state index contributed by atoms with van der Waals surface area (Å²) in [5, 5.41) is 3.50. The fourth-order valence-corrected chi connectivity index (χ4v) is 3.39. The number of likely N-dealkylation sites (tertiary alicyclic amines) is 1. The first-order valence-electron chi connectivity index (χ1n) is 8.86. The molecule has 3 heteroatoms. The molecule has 1 aromatic rings. The monoisotopic (exact) mass is 333 g/mol. The third kappa shape index (κ3) is 4.24. The largest absolute Gasteiger partial charge is 0.383 e. The second kappa shape index (κ2) is 7.93. The Morgan fingerprint density at radius 1 is 1.16 bits per heavy atom. The zero-order valence-corrected chi connectivity index (χ0v) is 14.8. The molecule has 0 bridgehead atoms. The predicted molar refractivity (Wildman–Crippen MR) is 105 cm³/mol. The molecular weight excluding hydrogens is 306 g/mol. The van der Waals surface area contributed by atoms with Gasteiger partial charge < -0.3 is 15.1 Å². The lowest BCUT2D eigenvalue weighted by molar-refractivity contribution is 0.314. The minimum Gasteiger partial charge on any atom is -0.383 e. The van der Waals surface area contributed by atoms with E-state index in [-0.39, 0.29) is 0 Å². The summed E-state index contributed by atoms with van der Waals surface area (Å²) in [7, 11) is 0. The number of nitrogens with zero attached hydrogens (tertiary/aromatic N) is 2. The summed E-state index contributed by atoms with van der Waals surface area (Å²) in [6.45, 7) is 15.3. The molecule has 1 N–H and O–H groups in total. The summed E-state index contributed by atoms with van der Waals surface area (Å²) in [5.74, 6) is 0. The van der Waals surface area contributed by atoms with Crippen LogP contribution in [0.25, 0.3) is 0 Å². The highest BCUT2D eigenvalue weighted by molar-refractivity contribution is 5.27. The summed E-state index contributed by atoms with van der Waals surface area (Å²) in [5.41, 5.74) is 4.47. The zero-order valence-electron chi connectivity index (χ0n) is 14.8. The van der Waals surface area contributed by atoms with Crippen molar-refractivity contribution in [1.29, 1.82) is 0 Å². The van der Waals surface area contributed by atoms with Gasteiger partial charge in [-0.2, -0.15) is 0 Å². The SMILES string of the molecule is C=C(NCc1ccccc1)C1CCCN1C(=C)CN1C=CC=CC1=C. The molecule has 25 heavy (non-hydrogen) atoms. The van der Waals surface area contributed by atoms with Crippen molar-refractivity contribution in [2.45, 2.75) is 25.4 Å². The maximum absolute atomic E-state index is 4.33. The number of benzene rings is 1. The van der Waals surface area contributed by atoms with E-state index in [9.17, 15) is 0 Å². The maximum atomic E-state index is 4.33. The molecule has 0 spiro atoms. The van der Waals surface area contributed by atoms with E-state index in [0.717, 1.165) is 43.1 Å². The normalized spacial score (nSPS) is 19.4. The molecule has 1 saturated heterocycles. The molecule has 2 aliphatic rings. The Morgan fingerprint density at radius 2 is 1.96 bits per heavy atom. The number of allylic oxidation sites excluding steroid dienone is 3. The molecule has 0 aliphatic carbocycles. The standard InChI is InChI=1S/C22H27N3/c1-18-10-7-8-14-24(18)17-19(2)25-15-9-13-22(25)20(3)23-16-21-11-5-4-6-12-21/h4-8,10-12,14,22-23H,1-3,9,13,15-17H2.